The topological polar surface area (TPSA) is 38.3 Å². The maximum Gasteiger partial charge on any atom is 0.338 e. The molecule has 2 aromatic rings. The van der Waals surface area contributed by atoms with E-state index in [1.807, 2.05) is 6.07 Å². The lowest BCUT2D eigenvalue weighted by molar-refractivity contribution is 0.0526. The van der Waals surface area contributed by atoms with Crippen LogP contribution in [0.25, 0.3) is 0 Å². The van der Waals surface area contributed by atoms with Crippen molar-refractivity contribution in [1.29, 1.82) is 0 Å². The third kappa shape index (κ3) is 4.29. The van der Waals surface area contributed by atoms with Crippen molar-refractivity contribution in [2.75, 3.05) is 11.9 Å². The second-order valence-electron chi connectivity index (χ2n) is 4.39. The van der Waals surface area contributed by atoms with Crippen molar-refractivity contribution in [3.63, 3.8) is 0 Å². The maximum atomic E-state index is 13.2. The molecule has 3 nitrogen and oxygen atoms in total. The Balaban J connectivity index is 2.08. The van der Waals surface area contributed by atoms with E-state index >= 15 is 0 Å². The summed E-state index contributed by atoms with van der Waals surface area (Å²) in [6.07, 6.45) is 0. The molecule has 5 heteroatoms. The number of esters is 1. The van der Waals surface area contributed by atoms with Crippen LogP contribution in [0.15, 0.2) is 46.9 Å². The summed E-state index contributed by atoms with van der Waals surface area (Å²) >= 11 is 3.38. The Morgan fingerprint density at radius 2 is 2.10 bits per heavy atom. The second kappa shape index (κ2) is 7.22. The van der Waals surface area contributed by atoms with Gasteiger partial charge in [-0.05, 0) is 48.9 Å². The summed E-state index contributed by atoms with van der Waals surface area (Å²) in [7, 11) is 0. The predicted molar refractivity (Wildman–Crippen MR) is 83.8 cm³/mol. The molecule has 0 unspecified atom stereocenters. The van der Waals surface area contributed by atoms with Gasteiger partial charge < -0.3 is 10.1 Å². The van der Waals surface area contributed by atoms with Crippen LogP contribution >= 0.6 is 15.9 Å². The number of carbonyl (C=O) groups excluding carboxylic acids is 1. The van der Waals surface area contributed by atoms with E-state index in [2.05, 4.69) is 21.2 Å². The van der Waals surface area contributed by atoms with Gasteiger partial charge in [0, 0.05) is 16.7 Å². The quantitative estimate of drug-likeness (QED) is 0.812. The summed E-state index contributed by atoms with van der Waals surface area (Å²) in [5.41, 5.74) is 2.06. The molecular formula is C16H15BrFNO2. The van der Waals surface area contributed by atoms with E-state index in [-0.39, 0.29) is 11.8 Å². The Kier molecular flexibility index (Phi) is 5.33. The highest BCUT2D eigenvalue weighted by molar-refractivity contribution is 9.10. The van der Waals surface area contributed by atoms with E-state index in [1.165, 1.54) is 12.1 Å². The van der Waals surface area contributed by atoms with Crippen molar-refractivity contribution in [2.45, 2.75) is 13.5 Å². The zero-order valence-electron chi connectivity index (χ0n) is 11.5. The summed E-state index contributed by atoms with van der Waals surface area (Å²) in [6.45, 7) is 2.55. The average molecular weight is 352 g/mol. The first kappa shape index (κ1) is 15.5. The third-order valence-electron chi connectivity index (χ3n) is 2.86. The van der Waals surface area contributed by atoms with Gasteiger partial charge in [-0.2, -0.15) is 0 Å². The van der Waals surface area contributed by atoms with Crippen molar-refractivity contribution in [1.82, 2.24) is 0 Å². The first-order chi connectivity index (χ1) is 10.1. The van der Waals surface area contributed by atoms with Crippen molar-refractivity contribution in [2.24, 2.45) is 0 Å². The van der Waals surface area contributed by atoms with E-state index in [1.54, 1.807) is 31.2 Å². The number of carbonyl (C=O) groups is 1. The second-order valence-corrected chi connectivity index (χ2v) is 5.24. The molecule has 0 aromatic heterocycles. The number of ether oxygens (including phenoxy) is 1. The molecule has 0 amide bonds. The van der Waals surface area contributed by atoms with Gasteiger partial charge >= 0.3 is 5.97 Å². The van der Waals surface area contributed by atoms with Crippen LogP contribution in [0.3, 0.4) is 0 Å². The van der Waals surface area contributed by atoms with E-state index in [4.69, 9.17) is 4.74 Å². The highest BCUT2D eigenvalue weighted by Crippen LogP contribution is 2.20. The van der Waals surface area contributed by atoms with E-state index in [0.717, 1.165) is 15.7 Å². The minimum atomic E-state index is -0.354. The van der Waals surface area contributed by atoms with Gasteiger partial charge in [-0.25, -0.2) is 9.18 Å². The Bertz CT molecular complexity index is 646. The molecule has 0 heterocycles. The fourth-order valence-electron chi connectivity index (χ4n) is 1.85. The molecule has 0 fully saturated rings. The van der Waals surface area contributed by atoms with Gasteiger partial charge in [0.05, 0.1) is 12.2 Å². The molecule has 0 aliphatic heterocycles. The van der Waals surface area contributed by atoms with Crippen LogP contribution in [0.4, 0.5) is 10.1 Å². The van der Waals surface area contributed by atoms with Crippen LogP contribution in [0.5, 0.6) is 0 Å². The third-order valence-corrected chi connectivity index (χ3v) is 3.64. The number of rotatable bonds is 5. The first-order valence-electron chi connectivity index (χ1n) is 6.55. The number of anilines is 1. The molecule has 0 aliphatic carbocycles. The van der Waals surface area contributed by atoms with Gasteiger partial charge in [0.2, 0.25) is 0 Å². The largest absolute Gasteiger partial charge is 0.462 e. The van der Waals surface area contributed by atoms with Gasteiger partial charge in [0.15, 0.2) is 0 Å². The fourth-order valence-corrected chi connectivity index (χ4v) is 2.23. The van der Waals surface area contributed by atoms with Crippen LogP contribution < -0.4 is 5.32 Å². The molecule has 0 atom stereocenters. The molecular weight excluding hydrogens is 337 g/mol. The van der Waals surface area contributed by atoms with Gasteiger partial charge in [0.25, 0.3) is 0 Å². The molecule has 21 heavy (non-hydrogen) atoms. The van der Waals surface area contributed by atoms with Gasteiger partial charge in [-0.3, -0.25) is 0 Å². The summed E-state index contributed by atoms with van der Waals surface area (Å²) < 4.78 is 19.0. The lowest BCUT2D eigenvalue weighted by Gasteiger charge is -2.10. The normalized spacial score (nSPS) is 10.2. The predicted octanol–water partition coefficient (Wildman–Crippen LogP) is 4.38. The zero-order chi connectivity index (χ0) is 15.2. The van der Waals surface area contributed by atoms with Crippen molar-refractivity contribution in [3.05, 3.63) is 63.9 Å². The van der Waals surface area contributed by atoms with E-state index in [9.17, 15) is 9.18 Å². The smallest absolute Gasteiger partial charge is 0.338 e. The Hall–Kier alpha value is -1.88. The number of nitrogens with one attached hydrogen (secondary N) is 1. The summed E-state index contributed by atoms with van der Waals surface area (Å²) in [6, 6.07) is 11.6. The van der Waals surface area contributed by atoms with E-state index in [0.29, 0.717) is 18.7 Å². The highest BCUT2D eigenvalue weighted by atomic mass is 79.9. The van der Waals surface area contributed by atoms with Crippen molar-refractivity contribution in [3.8, 4) is 0 Å². The number of halogens is 2. The lowest BCUT2D eigenvalue weighted by Crippen LogP contribution is -2.06. The molecule has 2 aromatic carbocycles. The molecule has 0 spiro atoms. The lowest BCUT2D eigenvalue weighted by atomic mass is 10.2. The fraction of sp³-hybridized carbons (Fsp3) is 0.188. The standard InChI is InChI=1S/C16H15BrFNO2/c1-2-21-16(20)11-4-3-5-14(9-11)19-10-12-8-13(18)6-7-15(12)17/h3-9,19H,2,10H2,1H3. The van der Waals surface area contributed by atoms with Gasteiger partial charge in [-0.15, -0.1) is 0 Å². The van der Waals surface area contributed by atoms with Gasteiger partial charge in [-0.1, -0.05) is 22.0 Å². The molecule has 0 aliphatic rings. The Morgan fingerprint density at radius 3 is 2.86 bits per heavy atom. The minimum absolute atomic E-state index is 0.282. The SMILES string of the molecule is CCOC(=O)c1cccc(NCc2cc(F)ccc2Br)c1. The molecule has 2 rings (SSSR count). The van der Waals surface area contributed by atoms with Crippen LogP contribution in [0.2, 0.25) is 0 Å². The maximum absolute atomic E-state index is 13.2. The van der Waals surface area contributed by atoms with Crippen LogP contribution in [-0.4, -0.2) is 12.6 Å². The molecule has 0 saturated carbocycles. The van der Waals surface area contributed by atoms with Crippen LogP contribution in [-0.2, 0) is 11.3 Å². The highest BCUT2D eigenvalue weighted by Gasteiger charge is 2.07. The Labute approximate surface area is 131 Å². The first-order valence-corrected chi connectivity index (χ1v) is 7.34. The molecule has 0 saturated heterocycles. The summed E-state index contributed by atoms with van der Waals surface area (Å²) in [5, 5.41) is 3.16. The summed E-state index contributed by atoms with van der Waals surface area (Å²) in [4.78, 5) is 11.7. The number of benzene rings is 2. The van der Waals surface area contributed by atoms with Crippen molar-refractivity contribution < 1.29 is 13.9 Å². The zero-order valence-corrected chi connectivity index (χ0v) is 13.1. The number of hydrogen-bond donors (Lipinski definition) is 1. The van der Waals surface area contributed by atoms with E-state index < -0.39 is 0 Å². The molecule has 0 bridgehead atoms. The molecule has 110 valence electrons. The van der Waals surface area contributed by atoms with Crippen molar-refractivity contribution >= 4 is 27.6 Å². The van der Waals surface area contributed by atoms with Gasteiger partial charge in [0.1, 0.15) is 5.82 Å². The average Bonchev–Trinajstić information content (AvgIpc) is 2.49. The number of hydrogen-bond acceptors (Lipinski definition) is 3. The minimum Gasteiger partial charge on any atom is -0.462 e. The van der Waals surface area contributed by atoms with Crippen LogP contribution in [0.1, 0.15) is 22.8 Å². The molecule has 0 radical (unpaired) electrons. The Morgan fingerprint density at radius 1 is 1.29 bits per heavy atom. The van der Waals surface area contributed by atoms with Crippen LogP contribution in [0, 0.1) is 5.82 Å². The summed E-state index contributed by atoms with van der Waals surface area (Å²) in [5.74, 6) is -0.636. The molecule has 1 N–H and O–H groups in total. The monoisotopic (exact) mass is 351 g/mol.